The van der Waals surface area contributed by atoms with Crippen molar-refractivity contribution in [2.45, 2.75) is 19.8 Å². The number of nitrogens with zero attached hydrogens (tertiary/aromatic N) is 1. The van der Waals surface area contributed by atoms with Crippen LogP contribution in [0.4, 0.5) is 0 Å². The Morgan fingerprint density at radius 2 is 1.78 bits per heavy atom. The molecule has 1 heterocycles. The lowest BCUT2D eigenvalue weighted by Gasteiger charge is -2.31. The lowest BCUT2D eigenvalue weighted by molar-refractivity contribution is -0.149. The fraction of sp³-hybridized carbons (Fsp3) is 0.364. The highest BCUT2D eigenvalue weighted by Crippen LogP contribution is 2.31. The fourth-order valence-corrected chi connectivity index (χ4v) is 3.45. The first kappa shape index (κ1) is 19.0. The van der Waals surface area contributed by atoms with E-state index < -0.39 is 0 Å². The van der Waals surface area contributed by atoms with E-state index in [9.17, 15) is 9.59 Å². The Bertz CT molecular complexity index is 795. The molecule has 0 unspecified atom stereocenters. The van der Waals surface area contributed by atoms with E-state index in [1.807, 2.05) is 54.3 Å². The van der Waals surface area contributed by atoms with Crippen LogP contribution < -0.4 is 4.74 Å². The van der Waals surface area contributed by atoms with Crippen molar-refractivity contribution in [3.8, 4) is 16.9 Å². The number of esters is 1. The maximum Gasteiger partial charge on any atom is 0.309 e. The topological polar surface area (TPSA) is 55.8 Å². The summed E-state index contributed by atoms with van der Waals surface area (Å²) in [6.07, 6.45) is 1.29. The third kappa shape index (κ3) is 4.30. The van der Waals surface area contributed by atoms with Crippen LogP contribution >= 0.6 is 0 Å². The highest BCUT2D eigenvalue weighted by Gasteiger charge is 2.28. The first-order valence-corrected chi connectivity index (χ1v) is 9.33. The average Bonchev–Trinajstić information content (AvgIpc) is 2.73. The lowest BCUT2D eigenvalue weighted by atomic mass is 9.96. The molecule has 0 N–H and O–H groups in total. The van der Waals surface area contributed by atoms with Gasteiger partial charge in [-0.3, -0.25) is 9.59 Å². The van der Waals surface area contributed by atoms with Gasteiger partial charge >= 0.3 is 5.97 Å². The second-order valence-electron chi connectivity index (χ2n) is 6.60. The Morgan fingerprint density at radius 3 is 2.41 bits per heavy atom. The van der Waals surface area contributed by atoms with Gasteiger partial charge in [0.1, 0.15) is 5.75 Å². The zero-order valence-corrected chi connectivity index (χ0v) is 15.8. The highest BCUT2D eigenvalue weighted by molar-refractivity contribution is 5.96. The monoisotopic (exact) mass is 367 g/mol. The summed E-state index contributed by atoms with van der Waals surface area (Å²) in [4.78, 5) is 26.6. The molecule has 1 fully saturated rings. The summed E-state index contributed by atoms with van der Waals surface area (Å²) in [5, 5.41) is 0. The molecule has 3 rings (SSSR count). The largest absolute Gasteiger partial charge is 0.496 e. The van der Waals surface area contributed by atoms with Crippen LogP contribution in [0.25, 0.3) is 11.1 Å². The number of carbonyl (C=O) groups excluding carboxylic acids is 2. The van der Waals surface area contributed by atoms with Crippen LogP contribution in [0.2, 0.25) is 0 Å². The molecule has 27 heavy (non-hydrogen) atoms. The van der Waals surface area contributed by atoms with Crippen molar-refractivity contribution in [2.24, 2.45) is 5.92 Å². The van der Waals surface area contributed by atoms with Gasteiger partial charge in [-0.15, -0.1) is 0 Å². The molecule has 5 heteroatoms. The predicted molar refractivity (Wildman–Crippen MR) is 104 cm³/mol. The standard InChI is InChI=1S/C22H25NO4/c1-3-27-22(25)17-11-13-23(14-12-17)21(24)18-9-10-20(26-2)19(15-18)16-7-5-4-6-8-16/h4-10,15,17H,3,11-14H2,1-2H3. The molecule has 2 aromatic carbocycles. The Kier molecular flexibility index (Phi) is 6.12. The van der Waals surface area contributed by atoms with Gasteiger partial charge < -0.3 is 14.4 Å². The summed E-state index contributed by atoms with van der Waals surface area (Å²) >= 11 is 0. The molecule has 142 valence electrons. The third-order valence-corrected chi connectivity index (χ3v) is 4.93. The highest BCUT2D eigenvalue weighted by atomic mass is 16.5. The summed E-state index contributed by atoms with van der Waals surface area (Å²) in [6.45, 7) is 3.33. The van der Waals surface area contributed by atoms with Crippen LogP contribution in [-0.4, -0.2) is 43.6 Å². The van der Waals surface area contributed by atoms with Crippen LogP contribution in [-0.2, 0) is 9.53 Å². The molecule has 0 spiro atoms. The molecule has 1 saturated heterocycles. The molecule has 1 amide bonds. The molecule has 1 aliphatic heterocycles. The maximum absolute atomic E-state index is 13.0. The first-order chi connectivity index (χ1) is 13.1. The zero-order valence-electron chi connectivity index (χ0n) is 15.8. The molecule has 0 bridgehead atoms. The maximum atomic E-state index is 13.0. The number of benzene rings is 2. The molecule has 1 aliphatic rings. The van der Waals surface area contributed by atoms with E-state index in [4.69, 9.17) is 9.47 Å². The Balaban J connectivity index is 1.75. The van der Waals surface area contributed by atoms with E-state index in [0.29, 0.717) is 38.1 Å². The van der Waals surface area contributed by atoms with Gasteiger partial charge in [0, 0.05) is 24.2 Å². The number of carbonyl (C=O) groups is 2. The number of amides is 1. The van der Waals surface area contributed by atoms with Crippen molar-refractivity contribution < 1.29 is 19.1 Å². The second kappa shape index (κ2) is 8.71. The number of piperidine rings is 1. The normalized spacial score (nSPS) is 14.7. The van der Waals surface area contributed by atoms with Crippen molar-refractivity contribution in [3.63, 3.8) is 0 Å². The smallest absolute Gasteiger partial charge is 0.309 e. The molecule has 0 saturated carbocycles. The predicted octanol–water partition coefficient (Wildman–Crippen LogP) is 3.78. The van der Waals surface area contributed by atoms with Gasteiger partial charge in [-0.05, 0) is 43.5 Å². The first-order valence-electron chi connectivity index (χ1n) is 9.33. The summed E-state index contributed by atoms with van der Waals surface area (Å²) in [6, 6.07) is 15.4. The summed E-state index contributed by atoms with van der Waals surface area (Å²) < 4.78 is 10.6. The van der Waals surface area contributed by atoms with Gasteiger partial charge in [0.25, 0.3) is 5.91 Å². The van der Waals surface area contributed by atoms with Crippen molar-refractivity contribution in [1.82, 2.24) is 4.90 Å². The van der Waals surface area contributed by atoms with E-state index >= 15 is 0 Å². The fourth-order valence-electron chi connectivity index (χ4n) is 3.45. The molecule has 5 nitrogen and oxygen atoms in total. The van der Waals surface area contributed by atoms with E-state index in [0.717, 1.165) is 16.9 Å². The van der Waals surface area contributed by atoms with Crippen LogP contribution in [0.3, 0.4) is 0 Å². The number of hydrogen-bond acceptors (Lipinski definition) is 4. The SMILES string of the molecule is CCOC(=O)C1CCN(C(=O)c2ccc(OC)c(-c3ccccc3)c2)CC1. The van der Waals surface area contributed by atoms with Crippen molar-refractivity contribution in [3.05, 3.63) is 54.1 Å². The van der Waals surface area contributed by atoms with E-state index in [2.05, 4.69) is 0 Å². The molecule has 0 radical (unpaired) electrons. The Hall–Kier alpha value is -2.82. The quantitative estimate of drug-likeness (QED) is 0.755. The van der Waals surface area contributed by atoms with Crippen LogP contribution in [0, 0.1) is 5.92 Å². The van der Waals surface area contributed by atoms with Gasteiger partial charge in [0.2, 0.25) is 0 Å². The second-order valence-corrected chi connectivity index (χ2v) is 6.60. The van der Waals surface area contributed by atoms with Crippen LogP contribution in [0.5, 0.6) is 5.75 Å². The number of hydrogen-bond donors (Lipinski definition) is 0. The molecule has 0 atom stereocenters. The molecule has 0 aromatic heterocycles. The van der Waals surface area contributed by atoms with Gasteiger partial charge in [-0.2, -0.15) is 0 Å². The van der Waals surface area contributed by atoms with Crippen molar-refractivity contribution in [1.29, 1.82) is 0 Å². The van der Waals surface area contributed by atoms with E-state index in [-0.39, 0.29) is 17.8 Å². The van der Waals surface area contributed by atoms with Gasteiger partial charge in [0.05, 0.1) is 19.6 Å². The van der Waals surface area contributed by atoms with Crippen molar-refractivity contribution in [2.75, 3.05) is 26.8 Å². The Morgan fingerprint density at radius 1 is 1.07 bits per heavy atom. The van der Waals surface area contributed by atoms with E-state index in [1.165, 1.54) is 0 Å². The van der Waals surface area contributed by atoms with Crippen molar-refractivity contribution >= 4 is 11.9 Å². The summed E-state index contributed by atoms with van der Waals surface area (Å²) in [5.74, 6) is 0.459. The van der Waals surface area contributed by atoms with Crippen LogP contribution in [0.15, 0.2) is 48.5 Å². The summed E-state index contributed by atoms with van der Waals surface area (Å²) in [7, 11) is 1.63. The minimum absolute atomic E-state index is 0.0165. The number of likely N-dealkylation sites (tertiary alicyclic amines) is 1. The molecular formula is C22H25NO4. The number of rotatable bonds is 5. The molecule has 2 aromatic rings. The Labute approximate surface area is 159 Å². The molecular weight excluding hydrogens is 342 g/mol. The third-order valence-electron chi connectivity index (χ3n) is 4.93. The van der Waals surface area contributed by atoms with Gasteiger partial charge in [-0.1, -0.05) is 30.3 Å². The van der Waals surface area contributed by atoms with Crippen LogP contribution in [0.1, 0.15) is 30.1 Å². The lowest BCUT2D eigenvalue weighted by Crippen LogP contribution is -2.40. The minimum Gasteiger partial charge on any atom is -0.496 e. The summed E-state index contributed by atoms with van der Waals surface area (Å²) in [5.41, 5.74) is 2.53. The van der Waals surface area contributed by atoms with E-state index in [1.54, 1.807) is 13.2 Å². The number of methoxy groups -OCH3 is 1. The minimum atomic E-state index is -0.152. The number of ether oxygens (including phenoxy) is 2. The molecule has 0 aliphatic carbocycles. The van der Waals surface area contributed by atoms with Gasteiger partial charge in [-0.25, -0.2) is 0 Å². The average molecular weight is 367 g/mol. The van der Waals surface area contributed by atoms with Gasteiger partial charge in [0.15, 0.2) is 0 Å². The zero-order chi connectivity index (χ0) is 19.2.